The Kier molecular flexibility index (Phi) is 6.06. The maximum Gasteiger partial charge on any atom is 0.296 e. The Balaban J connectivity index is 1.39. The van der Waals surface area contributed by atoms with Gasteiger partial charge in [-0.25, -0.2) is 14.5 Å². The fraction of sp³-hybridized carbons (Fsp3) is 0.0455. The van der Waals surface area contributed by atoms with Crippen LogP contribution >= 0.6 is 0 Å². The molecule has 0 spiro atoms. The zero-order valence-electron chi connectivity index (χ0n) is 16.7. The zero-order chi connectivity index (χ0) is 22.6. The van der Waals surface area contributed by atoms with E-state index in [1.165, 1.54) is 12.1 Å². The summed E-state index contributed by atoms with van der Waals surface area (Å²) < 4.78 is 49.3. The van der Waals surface area contributed by atoms with Crippen molar-refractivity contribution in [2.75, 3.05) is 4.72 Å². The minimum Gasteiger partial charge on any atom is -0.486 e. The highest BCUT2D eigenvalue weighted by molar-refractivity contribution is 7.90. The van der Waals surface area contributed by atoms with Crippen molar-refractivity contribution in [1.29, 1.82) is 0 Å². The Morgan fingerprint density at radius 3 is 2.38 bits per heavy atom. The fourth-order valence-corrected chi connectivity index (χ4v) is 3.36. The number of ether oxygens (including phenoxy) is 2. The second-order valence-corrected chi connectivity index (χ2v) is 8.05. The minimum atomic E-state index is -4.07. The van der Waals surface area contributed by atoms with E-state index >= 15 is 0 Å². The van der Waals surface area contributed by atoms with Gasteiger partial charge < -0.3 is 14.5 Å². The largest absolute Gasteiger partial charge is 0.486 e. The summed E-state index contributed by atoms with van der Waals surface area (Å²) in [5.41, 5.74) is 1.43. The molecule has 1 aromatic heterocycles. The molecule has 0 saturated carbocycles. The van der Waals surface area contributed by atoms with E-state index in [0.29, 0.717) is 18.2 Å². The highest BCUT2D eigenvalue weighted by Gasteiger charge is 2.10. The number of anilines is 1. The van der Waals surface area contributed by atoms with Crippen LogP contribution in [-0.4, -0.2) is 18.4 Å². The number of nitrogens with one attached hydrogen (secondary N) is 2. The van der Waals surface area contributed by atoms with Gasteiger partial charge in [0.1, 0.15) is 29.7 Å². The number of H-pyrrole nitrogens is 1. The van der Waals surface area contributed by atoms with Crippen LogP contribution in [0.1, 0.15) is 5.82 Å². The molecule has 0 unspecified atom stereocenters. The van der Waals surface area contributed by atoms with Gasteiger partial charge in [0, 0.05) is 6.07 Å². The van der Waals surface area contributed by atoms with Crippen molar-refractivity contribution in [1.82, 2.24) is 9.97 Å². The van der Waals surface area contributed by atoms with Crippen LogP contribution in [0.5, 0.6) is 17.2 Å². The van der Waals surface area contributed by atoms with E-state index in [0.717, 1.165) is 23.1 Å². The summed E-state index contributed by atoms with van der Waals surface area (Å²) in [6, 6.07) is 20.3. The van der Waals surface area contributed by atoms with Gasteiger partial charge in [-0.2, -0.15) is 8.42 Å². The third kappa shape index (κ3) is 5.62. The molecule has 8 nitrogen and oxygen atoms in total. The molecule has 4 N–H and O–H groups in total. The molecule has 0 atom stereocenters. The molecule has 0 aliphatic heterocycles. The van der Waals surface area contributed by atoms with Crippen molar-refractivity contribution in [3.05, 3.63) is 90.6 Å². The predicted molar refractivity (Wildman–Crippen MR) is 118 cm³/mol. The van der Waals surface area contributed by atoms with Crippen LogP contribution in [0, 0.1) is 5.82 Å². The normalized spacial score (nSPS) is 11.2. The lowest BCUT2D eigenvalue weighted by atomic mass is 10.1. The molecule has 0 radical (unpaired) electrons. The van der Waals surface area contributed by atoms with Crippen molar-refractivity contribution in [3.8, 4) is 28.5 Å². The van der Waals surface area contributed by atoms with Crippen molar-refractivity contribution in [2.45, 2.75) is 6.61 Å². The number of rotatable bonds is 8. The number of nitrogens with two attached hydrogens (primary N) is 1. The van der Waals surface area contributed by atoms with E-state index in [2.05, 4.69) is 9.97 Å². The van der Waals surface area contributed by atoms with E-state index in [-0.39, 0.29) is 11.4 Å². The summed E-state index contributed by atoms with van der Waals surface area (Å²) in [4.78, 5) is 7.54. The predicted octanol–water partition coefficient (Wildman–Crippen LogP) is 4.20. The molecule has 10 heteroatoms. The molecular weight excluding hydrogens is 435 g/mol. The summed E-state index contributed by atoms with van der Waals surface area (Å²) >= 11 is 0. The number of aromatic nitrogens is 2. The van der Waals surface area contributed by atoms with E-state index < -0.39 is 16.0 Å². The van der Waals surface area contributed by atoms with Crippen LogP contribution in [0.3, 0.4) is 0 Å². The van der Waals surface area contributed by atoms with Gasteiger partial charge in [0.15, 0.2) is 5.82 Å². The van der Waals surface area contributed by atoms with Crippen LogP contribution in [0.25, 0.3) is 11.3 Å². The van der Waals surface area contributed by atoms with E-state index in [4.69, 9.17) is 14.6 Å². The van der Waals surface area contributed by atoms with Crippen molar-refractivity contribution >= 4 is 15.9 Å². The Morgan fingerprint density at radius 2 is 1.69 bits per heavy atom. The average molecular weight is 454 g/mol. The van der Waals surface area contributed by atoms with Gasteiger partial charge in [-0.1, -0.05) is 18.2 Å². The number of benzene rings is 3. The highest BCUT2D eigenvalue weighted by Crippen LogP contribution is 2.28. The second-order valence-electron chi connectivity index (χ2n) is 6.76. The minimum absolute atomic E-state index is 0.206. The average Bonchev–Trinajstić information content (AvgIpc) is 3.24. The molecule has 0 aliphatic carbocycles. The van der Waals surface area contributed by atoms with Crippen LogP contribution in [0.15, 0.2) is 79.0 Å². The van der Waals surface area contributed by atoms with Gasteiger partial charge in [-0.3, -0.25) is 4.72 Å². The molecule has 4 rings (SSSR count). The van der Waals surface area contributed by atoms with Gasteiger partial charge in [0.2, 0.25) is 0 Å². The highest BCUT2D eigenvalue weighted by atomic mass is 32.2. The Bertz CT molecular complexity index is 1310. The quantitative estimate of drug-likeness (QED) is 0.369. The van der Waals surface area contributed by atoms with Crippen molar-refractivity contribution < 1.29 is 22.3 Å². The van der Waals surface area contributed by atoms with Crippen molar-refractivity contribution in [3.63, 3.8) is 0 Å². The first-order valence-corrected chi connectivity index (χ1v) is 11.0. The first-order chi connectivity index (χ1) is 15.4. The number of aromatic amines is 1. The molecule has 3 aromatic carbocycles. The van der Waals surface area contributed by atoms with Crippen LogP contribution in [-0.2, 0) is 16.8 Å². The van der Waals surface area contributed by atoms with Gasteiger partial charge in [0.05, 0.1) is 17.6 Å². The summed E-state index contributed by atoms with van der Waals surface area (Å²) in [5.74, 6) is 1.32. The lowest BCUT2D eigenvalue weighted by Gasteiger charge is -2.09. The first-order valence-electron chi connectivity index (χ1n) is 9.46. The monoisotopic (exact) mass is 454 g/mol. The Morgan fingerprint density at radius 1 is 0.969 bits per heavy atom. The molecule has 0 saturated heterocycles. The lowest BCUT2D eigenvalue weighted by Crippen LogP contribution is -2.22. The first kappa shape index (κ1) is 21.3. The smallest absolute Gasteiger partial charge is 0.296 e. The molecule has 0 fully saturated rings. The lowest BCUT2D eigenvalue weighted by molar-refractivity contribution is 0.297. The third-order valence-electron chi connectivity index (χ3n) is 4.34. The van der Waals surface area contributed by atoms with Gasteiger partial charge in [-0.05, 0) is 54.1 Å². The maximum atomic E-state index is 14.1. The topological polar surface area (TPSA) is 119 Å². The summed E-state index contributed by atoms with van der Waals surface area (Å²) in [6.45, 7) is 0.313. The molecule has 0 bridgehead atoms. The van der Waals surface area contributed by atoms with Crippen LogP contribution in [0.4, 0.5) is 10.1 Å². The second kappa shape index (κ2) is 9.08. The number of nitrogens with zero attached hydrogens (tertiary/aromatic N) is 1. The van der Waals surface area contributed by atoms with E-state index in [1.807, 2.05) is 47.2 Å². The summed E-state index contributed by atoms with van der Waals surface area (Å²) in [5, 5.41) is 4.85. The van der Waals surface area contributed by atoms with E-state index in [1.54, 1.807) is 18.3 Å². The van der Waals surface area contributed by atoms with Crippen LogP contribution < -0.4 is 19.3 Å². The van der Waals surface area contributed by atoms with E-state index in [9.17, 15) is 12.8 Å². The van der Waals surface area contributed by atoms with Gasteiger partial charge >= 0.3 is 0 Å². The molecule has 32 heavy (non-hydrogen) atoms. The number of hydrogen-bond acceptors (Lipinski definition) is 5. The fourth-order valence-electron chi connectivity index (χ4n) is 2.88. The Labute approximate surface area is 184 Å². The van der Waals surface area contributed by atoms with Gasteiger partial charge in [-0.15, -0.1) is 0 Å². The number of hydrogen-bond donors (Lipinski definition) is 3. The standard InChI is InChI=1S/C22H19FN4O4S/c23-19-12-18(10-11-20(19)27-32(24,28)29)31-17-8-6-15(7-9-17)21-13-25-22(26-21)14-30-16-4-2-1-3-5-16/h1-13,27H,14H2,(H,25,26)(H2,24,28,29). The SMILES string of the molecule is NS(=O)(=O)Nc1ccc(Oc2ccc(-c3cnc(COc4ccccc4)[nH]3)cc2)cc1F. The van der Waals surface area contributed by atoms with Crippen LogP contribution in [0.2, 0.25) is 0 Å². The zero-order valence-corrected chi connectivity index (χ0v) is 17.5. The molecule has 0 amide bonds. The molecule has 0 aliphatic rings. The summed E-state index contributed by atoms with van der Waals surface area (Å²) in [7, 11) is -4.07. The summed E-state index contributed by atoms with van der Waals surface area (Å²) in [6.07, 6.45) is 1.71. The molecular formula is C22H19FN4O4S. The molecule has 1 heterocycles. The third-order valence-corrected chi connectivity index (χ3v) is 4.85. The Hall–Kier alpha value is -3.89. The maximum absolute atomic E-state index is 14.1. The molecule has 164 valence electrons. The number of imidazole rings is 1. The van der Waals surface area contributed by atoms with Gasteiger partial charge in [0.25, 0.3) is 10.2 Å². The number of para-hydroxylation sites is 1. The van der Waals surface area contributed by atoms with Crippen molar-refractivity contribution in [2.24, 2.45) is 5.14 Å². The number of halogens is 1. The molecule has 4 aromatic rings.